The van der Waals surface area contributed by atoms with Gasteiger partial charge in [0.2, 0.25) is 5.91 Å². The average Bonchev–Trinajstić information content (AvgIpc) is 3.14. The van der Waals surface area contributed by atoms with Gasteiger partial charge in [-0.05, 0) is 49.2 Å². The highest BCUT2D eigenvalue weighted by Gasteiger charge is 2.36. The van der Waals surface area contributed by atoms with Crippen molar-refractivity contribution in [2.45, 2.75) is 26.7 Å². The molecule has 3 rings (SSSR count). The number of benzene rings is 2. The van der Waals surface area contributed by atoms with Gasteiger partial charge >= 0.3 is 5.97 Å². The van der Waals surface area contributed by atoms with Crippen molar-refractivity contribution in [1.29, 1.82) is 0 Å². The highest BCUT2D eigenvalue weighted by atomic mass is 16.5. The summed E-state index contributed by atoms with van der Waals surface area (Å²) < 4.78 is 10.7. The Labute approximate surface area is 176 Å². The molecule has 0 spiro atoms. The van der Waals surface area contributed by atoms with Crippen LogP contribution < -0.4 is 15.0 Å². The van der Waals surface area contributed by atoms with Crippen LogP contribution in [0, 0.1) is 12.8 Å². The molecule has 7 heteroatoms. The Bertz CT molecular complexity index is 910. The molecule has 0 aliphatic carbocycles. The first-order chi connectivity index (χ1) is 14.5. The molecule has 1 saturated heterocycles. The minimum absolute atomic E-state index is 0.0618. The van der Waals surface area contributed by atoms with E-state index in [-0.39, 0.29) is 25.5 Å². The van der Waals surface area contributed by atoms with E-state index < -0.39 is 17.8 Å². The lowest BCUT2D eigenvalue weighted by Crippen LogP contribution is -2.28. The van der Waals surface area contributed by atoms with E-state index in [1.54, 1.807) is 35.2 Å². The van der Waals surface area contributed by atoms with Crippen LogP contribution in [-0.4, -0.2) is 37.5 Å². The second-order valence-corrected chi connectivity index (χ2v) is 7.22. The second-order valence-electron chi connectivity index (χ2n) is 7.22. The molecule has 0 saturated carbocycles. The summed E-state index contributed by atoms with van der Waals surface area (Å²) in [6, 6.07) is 14.6. The number of hydrogen-bond acceptors (Lipinski definition) is 5. The van der Waals surface area contributed by atoms with E-state index in [9.17, 15) is 14.4 Å². The average molecular weight is 410 g/mol. The lowest BCUT2D eigenvalue weighted by atomic mass is 10.1. The number of ether oxygens (including phenoxy) is 2. The number of carbonyl (C=O) groups excluding carboxylic acids is 3. The van der Waals surface area contributed by atoms with Crippen LogP contribution in [0.15, 0.2) is 48.5 Å². The number of hydrogen-bond donors (Lipinski definition) is 1. The van der Waals surface area contributed by atoms with Gasteiger partial charge in [-0.25, -0.2) is 0 Å². The highest BCUT2D eigenvalue weighted by molar-refractivity contribution is 6.00. The zero-order valence-corrected chi connectivity index (χ0v) is 17.2. The van der Waals surface area contributed by atoms with Crippen molar-refractivity contribution in [1.82, 2.24) is 0 Å². The maximum absolute atomic E-state index is 12.4. The first-order valence-corrected chi connectivity index (χ1v) is 10.0. The summed E-state index contributed by atoms with van der Waals surface area (Å²) in [6.45, 7) is 4.38. The normalized spacial score (nSPS) is 15.7. The molecule has 0 bridgehead atoms. The van der Waals surface area contributed by atoms with Gasteiger partial charge in [-0.15, -0.1) is 0 Å². The van der Waals surface area contributed by atoms with Gasteiger partial charge in [-0.3, -0.25) is 14.4 Å². The van der Waals surface area contributed by atoms with Crippen molar-refractivity contribution >= 4 is 29.2 Å². The number of amides is 2. The van der Waals surface area contributed by atoms with Gasteiger partial charge < -0.3 is 19.7 Å². The lowest BCUT2D eigenvalue weighted by molar-refractivity contribution is -0.151. The zero-order chi connectivity index (χ0) is 21.5. The number of nitrogens with zero attached hydrogens (tertiary/aromatic N) is 1. The molecule has 1 N–H and O–H groups in total. The molecule has 1 atom stereocenters. The van der Waals surface area contributed by atoms with Gasteiger partial charge in [0.05, 0.1) is 12.5 Å². The number of nitrogens with one attached hydrogen (secondary N) is 1. The number of anilines is 2. The van der Waals surface area contributed by atoms with Crippen molar-refractivity contribution in [2.24, 2.45) is 5.92 Å². The predicted octanol–water partition coefficient (Wildman–Crippen LogP) is 3.32. The van der Waals surface area contributed by atoms with Crippen LogP contribution in [-0.2, 0) is 19.1 Å². The quantitative estimate of drug-likeness (QED) is 0.675. The molecule has 1 heterocycles. The molecule has 30 heavy (non-hydrogen) atoms. The van der Waals surface area contributed by atoms with Crippen LogP contribution in [0.2, 0.25) is 0 Å². The maximum Gasteiger partial charge on any atom is 0.311 e. The van der Waals surface area contributed by atoms with Crippen molar-refractivity contribution in [3.63, 3.8) is 0 Å². The number of para-hydroxylation sites is 1. The topological polar surface area (TPSA) is 84.9 Å². The van der Waals surface area contributed by atoms with Crippen LogP contribution >= 0.6 is 0 Å². The molecule has 2 amide bonds. The zero-order valence-electron chi connectivity index (χ0n) is 17.2. The SMILES string of the molecule is CCCOc1ccc(N2C[C@@H](C(=O)OCC(=O)Nc3ccccc3C)CC2=O)cc1. The molecule has 1 aliphatic heterocycles. The third kappa shape index (κ3) is 5.37. The number of rotatable bonds is 8. The Hall–Kier alpha value is -3.35. The molecule has 2 aromatic carbocycles. The lowest BCUT2D eigenvalue weighted by Gasteiger charge is -2.17. The van der Waals surface area contributed by atoms with Gasteiger partial charge in [0.25, 0.3) is 5.91 Å². The molecule has 158 valence electrons. The second kappa shape index (κ2) is 9.91. The van der Waals surface area contributed by atoms with Crippen LogP contribution in [0.4, 0.5) is 11.4 Å². The monoisotopic (exact) mass is 410 g/mol. The van der Waals surface area contributed by atoms with Crippen molar-refractivity contribution in [3.05, 3.63) is 54.1 Å². The molecule has 1 aliphatic rings. The van der Waals surface area contributed by atoms with Crippen LogP contribution in [0.1, 0.15) is 25.3 Å². The van der Waals surface area contributed by atoms with Crippen LogP contribution in [0.3, 0.4) is 0 Å². The van der Waals surface area contributed by atoms with Gasteiger partial charge in [0.15, 0.2) is 6.61 Å². The number of carbonyl (C=O) groups is 3. The van der Waals surface area contributed by atoms with E-state index in [1.807, 2.05) is 32.0 Å². The summed E-state index contributed by atoms with van der Waals surface area (Å²) in [5.74, 6) is -0.971. The Morgan fingerprint density at radius 2 is 1.87 bits per heavy atom. The van der Waals surface area contributed by atoms with Crippen LogP contribution in [0.5, 0.6) is 5.75 Å². The third-order valence-corrected chi connectivity index (χ3v) is 4.84. The van der Waals surface area contributed by atoms with E-state index in [0.717, 1.165) is 17.7 Å². The maximum atomic E-state index is 12.4. The van der Waals surface area contributed by atoms with Gasteiger partial charge in [-0.1, -0.05) is 25.1 Å². The smallest absolute Gasteiger partial charge is 0.311 e. The standard InChI is InChI=1S/C23H26N2O5/c1-3-12-29-19-10-8-18(9-11-19)25-14-17(13-22(25)27)23(28)30-15-21(26)24-20-7-5-4-6-16(20)2/h4-11,17H,3,12-15H2,1-2H3,(H,24,26)/t17-/m0/s1. The van der Waals surface area contributed by atoms with Gasteiger partial charge in [0.1, 0.15) is 5.75 Å². The van der Waals surface area contributed by atoms with E-state index in [1.165, 1.54) is 0 Å². The molecule has 7 nitrogen and oxygen atoms in total. The fraction of sp³-hybridized carbons (Fsp3) is 0.348. The minimum atomic E-state index is -0.597. The third-order valence-electron chi connectivity index (χ3n) is 4.84. The minimum Gasteiger partial charge on any atom is -0.494 e. The summed E-state index contributed by atoms with van der Waals surface area (Å²) in [7, 11) is 0. The first kappa shape index (κ1) is 21.4. The van der Waals surface area contributed by atoms with E-state index >= 15 is 0 Å². The van der Waals surface area contributed by atoms with E-state index in [2.05, 4.69) is 5.32 Å². The summed E-state index contributed by atoms with van der Waals surface area (Å²) in [4.78, 5) is 38.4. The summed E-state index contributed by atoms with van der Waals surface area (Å²) >= 11 is 0. The summed E-state index contributed by atoms with van der Waals surface area (Å²) in [5, 5.41) is 2.71. The fourth-order valence-electron chi connectivity index (χ4n) is 3.21. The Morgan fingerprint density at radius 1 is 1.13 bits per heavy atom. The molecule has 0 radical (unpaired) electrons. The summed E-state index contributed by atoms with van der Waals surface area (Å²) in [6.07, 6.45) is 0.978. The first-order valence-electron chi connectivity index (χ1n) is 10.0. The van der Waals surface area contributed by atoms with E-state index in [4.69, 9.17) is 9.47 Å². The number of esters is 1. The van der Waals surface area contributed by atoms with Crippen LogP contribution in [0.25, 0.3) is 0 Å². The highest BCUT2D eigenvalue weighted by Crippen LogP contribution is 2.27. The number of aryl methyl sites for hydroxylation is 1. The molecule has 1 fully saturated rings. The Balaban J connectivity index is 1.51. The van der Waals surface area contributed by atoms with Crippen molar-refractivity contribution < 1.29 is 23.9 Å². The molecular formula is C23H26N2O5. The van der Waals surface area contributed by atoms with Crippen molar-refractivity contribution in [3.8, 4) is 5.75 Å². The summed E-state index contributed by atoms with van der Waals surface area (Å²) in [5.41, 5.74) is 2.30. The Kier molecular flexibility index (Phi) is 7.06. The van der Waals surface area contributed by atoms with Gasteiger partial charge in [0, 0.05) is 24.3 Å². The molecule has 0 unspecified atom stereocenters. The molecule has 0 aromatic heterocycles. The fourth-order valence-corrected chi connectivity index (χ4v) is 3.21. The van der Waals surface area contributed by atoms with Crippen molar-refractivity contribution in [2.75, 3.05) is 30.0 Å². The molecule has 2 aromatic rings. The predicted molar refractivity (Wildman–Crippen MR) is 113 cm³/mol. The molecular weight excluding hydrogens is 384 g/mol. The Morgan fingerprint density at radius 3 is 2.57 bits per heavy atom. The van der Waals surface area contributed by atoms with Gasteiger partial charge in [-0.2, -0.15) is 0 Å². The largest absolute Gasteiger partial charge is 0.494 e. The van der Waals surface area contributed by atoms with E-state index in [0.29, 0.717) is 18.0 Å².